The van der Waals surface area contributed by atoms with Gasteiger partial charge >= 0.3 is 0 Å². The Morgan fingerprint density at radius 2 is 1.85 bits per heavy atom. The molecule has 27 heavy (non-hydrogen) atoms. The van der Waals surface area contributed by atoms with Gasteiger partial charge in [-0.2, -0.15) is 0 Å². The third-order valence-electron chi connectivity index (χ3n) is 5.00. The second kappa shape index (κ2) is 11.4. The summed E-state index contributed by atoms with van der Waals surface area (Å²) in [6.07, 6.45) is 5.53. The molecule has 1 heterocycles. The number of hydrogen-bond donors (Lipinski definition) is 2. The Labute approximate surface area is 180 Å². The van der Waals surface area contributed by atoms with Crippen LogP contribution in [-0.4, -0.2) is 81.7 Å². The molecule has 2 aliphatic rings. The van der Waals surface area contributed by atoms with Crippen LogP contribution in [-0.2, 0) is 14.8 Å². The van der Waals surface area contributed by atoms with Gasteiger partial charge in [-0.25, -0.2) is 18.1 Å². The zero-order valence-electron chi connectivity index (χ0n) is 16.6. The Hall–Kier alpha value is -0.620. The fourth-order valence-corrected chi connectivity index (χ4v) is 5.21. The van der Waals surface area contributed by atoms with E-state index < -0.39 is 15.3 Å². The van der Waals surface area contributed by atoms with Gasteiger partial charge in [0.25, 0.3) is 0 Å². The number of nitrogens with one attached hydrogen (secondary N) is 2. The van der Waals surface area contributed by atoms with Crippen LogP contribution >= 0.6 is 24.0 Å². The van der Waals surface area contributed by atoms with Crippen LogP contribution in [0.4, 0.5) is 0 Å². The molecule has 1 unspecified atom stereocenters. The van der Waals surface area contributed by atoms with Gasteiger partial charge in [0.05, 0.1) is 5.25 Å². The van der Waals surface area contributed by atoms with Crippen LogP contribution in [0, 0.1) is 0 Å². The average Bonchev–Trinajstić information content (AvgIpc) is 3.10. The third kappa shape index (κ3) is 7.37. The normalized spacial score (nSPS) is 21.7. The molecule has 1 amide bonds. The minimum absolute atomic E-state index is 0. The fraction of sp³-hybridized carbons (Fsp3) is 0.882. The molecule has 0 aromatic heterocycles. The van der Waals surface area contributed by atoms with Crippen molar-refractivity contribution in [2.24, 2.45) is 4.99 Å². The van der Waals surface area contributed by atoms with Gasteiger partial charge in [-0.1, -0.05) is 12.8 Å². The number of halogens is 1. The van der Waals surface area contributed by atoms with Crippen LogP contribution in [0.2, 0.25) is 0 Å². The van der Waals surface area contributed by atoms with E-state index in [4.69, 9.17) is 0 Å². The van der Waals surface area contributed by atoms with E-state index in [0.717, 1.165) is 38.6 Å². The van der Waals surface area contributed by atoms with Crippen molar-refractivity contribution >= 4 is 45.9 Å². The van der Waals surface area contributed by atoms with Gasteiger partial charge in [0.15, 0.2) is 5.96 Å². The molecule has 1 saturated carbocycles. The van der Waals surface area contributed by atoms with Gasteiger partial charge in [0, 0.05) is 39.8 Å². The first-order chi connectivity index (χ1) is 12.3. The van der Waals surface area contributed by atoms with Crippen molar-refractivity contribution in [1.82, 2.24) is 19.8 Å². The summed E-state index contributed by atoms with van der Waals surface area (Å²) < 4.78 is 28.4. The zero-order chi connectivity index (χ0) is 19.2. The van der Waals surface area contributed by atoms with Gasteiger partial charge in [-0.15, -0.1) is 24.0 Å². The second-order valence-corrected chi connectivity index (χ2v) is 9.31. The number of aliphatic imine (C=N–C) groups is 1. The molecule has 8 nitrogen and oxygen atoms in total. The van der Waals surface area contributed by atoms with E-state index in [0.29, 0.717) is 25.5 Å². The standard InChI is InChI=1S/C17H33N5O3S.HI/c1-4-18-17(19-12-16(23)21(2)3)22-11-7-10-15(13-22)26(24,25)20-14-8-5-6-9-14;/h14-15,20H,4-13H2,1-3H3,(H,18,19);1H. The molecule has 2 N–H and O–H groups in total. The number of guanidine groups is 1. The minimum atomic E-state index is -3.34. The van der Waals surface area contributed by atoms with Crippen LogP contribution in [0.25, 0.3) is 0 Å². The Kier molecular flexibility index (Phi) is 10.3. The number of carbonyl (C=O) groups excluding carboxylic acids is 1. The highest BCUT2D eigenvalue weighted by molar-refractivity contribution is 14.0. The molecule has 1 aliphatic heterocycles. The fourth-order valence-electron chi connectivity index (χ4n) is 3.47. The maximum atomic E-state index is 12.8. The summed E-state index contributed by atoms with van der Waals surface area (Å²) >= 11 is 0. The molecule has 2 fully saturated rings. The quantitative estimate of drug-likeness (QED) is 0.313. The van der Waals surface area contributed by atoms with Crippen LogP contribution in [0.1, 0.15) is 45.4 Å². The van der Waals surface area contributed by atoms with Gasteiger partial charge in [0.1, 0.15) is 6.54 Å². The van der Waals surface area contributed by atoms with E-state index in [1.165, 1.54) is 4.90 Å². The Balaban J connectivity index is 0.00000364. The van der Waals surface area contributed by atoms with Crippen LogP contribution in [0.5, 0.6) is 0 Å². The number of amides is 1. The third-order valence-corrected chi connectivity index (χ3v) is 6.92. The smallest absolute Gasteiger partial charge is 0.243 e. The molecule has 0 aromatic carbocycles. The Morgan fingerprint density at radius 3 is 2.44 bits per heavy atom. The first-order valence-electron chi connectivity index (χ1n) is 9.58. The molecule has 1 saturated heterocycles. The molecule has 2 rings (SSSR count). The number of sulfonamides is 1. The number of piperidine rings is 1. The first-order valence-corrected chi connectivity index (χ1v) is 11.1. The first kappa shape index (κ1) is 24.4. The van der Waals surface area contributed by atoms with Crippen molar-refractivity contribution in [2.45, 2.75) is 56.7 Å². The van der Waals surface area contributed by atoms with Crippen molar-refractivity contribution in [1.29, 1.82) is 0 Å². The monoisotopic (exact) mass is 515 g/mol. The van der Waals surface area contributed by atoms with E-state index in [1.54, 1.807) is 14.1 Å². The van der Waals surface area contributed by atoms with Crippen LogP contribution in [0.3, 0.4) is 0 Å². The summed E-state index contributed by atoms with van der Waals surface area (Å²) in [5.74, 6) is 0.535. The highest BCUT2D eigenvalue weighted by Gasteiger charge is 2.34. The number of rotatable bonds is 6. The van der Waals surface area contributed by atoms with Gasteiger partial charge in [0.2, 0.25) is 15.9 Å². The maximum absolute atomic E-state index is 12.8. The highest BCUT2D eigenvalue weighted by atomic mass is 127. The molecular formula is C17H34IN5O3S. The molecule has 0 radical (unpaired) electrons. The van der Waals surface area contributed by atoms with Gasteiger partial charge in [-0.05, 0) is 32.6 Å². The topological polar surface area (TPSA) is 94.1 Å². The summed E-state index contributed by atoms with van der Waals surface area (Å²) in [6, 6.07) is 0.0926. The molecular weight excluding hydrogens is 481 g/mol. The van der Waals surface area contributed by atoms with Gasteiger partial charge in [-0.3, -0.25) is 4.79 Å². The maximum Gasteiger partial charge on any atom is 0.243 e. The lowest BCUT2D eigenvalue weighted by molar-refractivity contribution is -0.127. The molecule has 0 bridgehead atoms. The van der Waals surface area contributed by atoms with E-state index >= 15 is 0 Å². The van der Waals surface area contributed by atoms with Crippen LogP contribution in [0.15, 0.2) is 4.99 Å². The number of likely N-dealkylation sites (tertiary alicyclic amines) is 1. The average molecular weight is 515 g/mol. The molecule has 0 spiro atoms. The lowest BCUT2D eigenvalue weighted by Crippen LogP contribution is -2.53. The molecule has 1 atom stereocenters. The van der Waals surface area contributed by atoms with Crippen molar-refractivity contribution in [2.75, 3.05) is 40.3 Å². The molecule has 10 heteroatoms. The molecule has 1 aliphatic carbocycles. The highest BCUT2D eigenvalue weighted by Crippen LogP contribution is 2.22. The van der Waals surface area contributed by atoms with Crippen molar-refractivity contribution in [3.63, 3.8) is 0 Å². The summed E-state index contributed by atoms with van der Waals surface area (Å²) in [4.78, 5) is 19.7. The largest absolute Gasteiger partial charge is 0.357 e. The molecule has 0 aromatic rings. The Bertz CT molecular complexity index is 606. The number of likely N-dealkylation sites (N-methyl/N-ethyl adjacent to an activating group) is 1. The van der Waals surface area contributed by atoms with Crippen molar-refractivity contribution < 1.29 is 13.2 Å². The molecule has 158 valence electrons. The second-order valence-electron chi connectivity index (χ2n) is 7.31. The van der Waals surface area contributed by atoms with Crippen molar-refractivity contribution in [3.05, 3.63) is 0 Å². The SMILES string of the molecule is CCNC(=NCC(=O)N(C)C)N1CCCC(S(=O)(=O)NC2CCCC2)C1.I. The van der Waals surface area contributed by atoms with Crippen molar-refractivity contribution in [3.8, 4) is 0 Å². The number of nitrogens with zero attached hydrogens (tertiary/aromatic N) is 3. The zero-order valence-corrected chi connectivity index (χ0v) is 19.8. The lowest BCUT2D eigenvalue weighted by Gasteiger charge is -2.35. The summed E-state index contributed by atoms with van der Waals surface area (Å²) in [5, 5.41) is 2.74. The minimum Gasteiger partial charge on any atom is -0.357 e. The van der Waals surface area contributed by atoms with Crippen LogP contribution < -0.4 is 10.0 Å². The van der Waals surface area contributed by atoms with Gasteiger partial charge < -0.3 is 15.1 Å². The summed E-state index contributed by atoms with van der Waals surface area (Å²) in [6.45, 7) is 3.84. The number of carbonyl (C=O) groups is 1. The predicted octanol–water partition coefficient (Wildman–Crippen LogP) is 0.985. The summed E-state index contributed by atoms with van der Waals surface area (Å²) in [5.41, 5.74) is 0. The lowest BCUT2D eigenvalue weighted by atomic mass is 10.1. The summed E-state index contributed by atoms with van der Waals surface area (Å²) in [7, 11) is 0.0523. The van der Waals surface area contributed by atoms with E-state index in [2.05, 4.69) is 15.0 Å². The predicted molar refractivity (Wildman–Crippen MR) is 119 cm³/mol. The van der Waals surface area contributed by atoms with E-state index in [-0.39, 0.29) is 42.5 Å². The number of hydrogen-bond acceptors (Lipinski definition) is 4. The van der Waals surface area contributed by atoms with E-state index in [9.17, 15) is 13.2 Å². The van der Waals surface area contributed by atoms with E-state index in [1.807, 2.05) is 11.8 Å². The Morgan fingerprint density at radius 1 is 1.19 bits per heavy atom.